The molecule has 0 radical (unpaired) electrons. The summed E-state index contributed by atoms with van der Waals surface area (Å²) >= 11 is 0. The Morgan fingerprint density at radius 2 is 1.88 bits per heavy atom. The maximum absolute atomic E-state index is 12.2. The number of nitrogens with zero attached hydrogens (tertiary/aromatic N) is 3. The molecule has 132 valence electrons. The van der Waals surface area contributed by atoms with Gasteiger partial charge in [-0.15, -0.1) is 0 Å². The van der Waals surface area contributed by atoms with Crippen molar-refractivity contribution < 1.29 is 14.7 Å². The molecule has 0 bridgehead atoms. The number of rotatable bonds is 5. The Bertz CT molecular complexity index is 1000. The van der Waals surface area contributed by atoms with Crippen LogP contribution in [-0.2, 0) is 6.54 Å². The van der Waals surface area contributed by atoms with Crippen LogP contribution >= 0.6 is 0 Å². The van der Waals surface area contributed by atoms with Crippen molar-refractivity contribution in [2.75, 3.05) is 0 Å². The number of carboxylic acid groups (broad SMARTS) is 1. The zero-order chi connectivity index (χ0) is 18.7. The van der Waals surface area contributed by atoms with Crippen molar-refractivity contribution in [2.45, 2.75) is 20.4 Å². The molecular formula is C19H18N4O3. The number of aromatic nitrogens is 2. The van der Waals surface area contributed by atoms with Gasteiger partial charge in [-0.05, 0) is 49.7 Å². The third-order valence-electron chi connectivity index (χ3n) is 4.05. The van der Waals surface area contributed by atoms with Crippen molar-refractivity contribution in [3.8, 4) is 0 Å². The number of hydrazone groups is 1. The number of hydrogen-bond donors (Lipinski definition) is 2. The van der Waals surface area contributed by atoms with Gasteiger partial charge < -0.3 is 9.67 Å². The molecule has 0 spiro atoms. The lowest BCUT2D eigenvalue weighted by Crippen LogP contribution is -2.17. The van der Waals surface area contributed by atoms with Crippen LogP contribution in [0.15, 0.2) is 47.6 Å². The predicted octanol–water partition coefficient (Wildman–Crippen LogP) is 2.83. The van der Waals surface area contributed by atoms with E-state index in [9.17, 15) is 9.59 Å². The molecule has 0 aliphatic rings. The SMILES string of the molecule is CCn1c(C)nc2cc(C(=O)N/N=C\c3ccc(C(=O)O)cc3)ccc21. The highest BCUT2D eigenvalue weighted by Crippen LogP contribution is 2.17. The molecule has 1 heterocycles. The molecule has 0 unspecified atom stereocenters. The second kappa shape index (κ2) is 7.18. The lowest BCUT2D eigenvalue weighted by Gasteiger charge is -2.03. The van der Waals surface area contributed by atoms with Gasteiger partial charge in [-0.3, -0.25) is 4.79 Å². The molecular weight excluding hydrogens is 332 g/mol. The number of amides is 1. The smallest absolute Gasteiger partial charge is 0.335 e. The van der Waals surface area contributed by atoms with Crippen LogP contribution in [0.5, 0.6) is 0 Å². The van der Waals surface area contributed by atoms with E-state index in [1.807, 2.05) is 19.9 Å². The molecule has 3 rings (SSSR count). The molecule has 2 N–H and O–H groups in total. The maximum Gasteiger partial charge on any atom is 0.335 e. The lowest BCUT2D eigenvalue weighted by molar-refractivity contribution is 0.0696. The Kier molecular flexibility index (Phi) is 4.79. The first kappa shape index (κ1) is 17.3. The van der Waals surface area contributed by atoms with Gasteiger partial charge in [0.05, 0.1) is 22.8 Å². The van der Waals surface area contributed by atoms with Gasteiger partial charge in [0.25, 0.3) is 5.91 Å². The highest BCUT2D eigenvalue weighted by molar-refractivity contribution is 5.98. The number of aromatic carboxylic acids is 1. The summed E-state index contributed by atoms with van der Waals surface area (Å²) in [4.78, 5) is 27.5. The Hall–Kier alpha value is -3.48. The van der Waals surface area contributed by atoms with Gasteiger partial charge in [0.15, 0.2) is 0 Å². The highest BCUT2D eigenvalue weighted by Gasteiger charge is 2.10. The van der Waals surface area contributed by atoms with Crippen LogP contribution in [0, 0.1) is 6.92 Å². The average Bonchev–Trinajstić information content (AvgIpc) is 2.96. The maximum atomic E-state index is 12.2. The minimum Gasteiger partial charge on any atom is -0.478 e. The minimum absolute atomic E-state index is 0.196. The van der Waals surface area contributed by atoms with Crippen molar-refractivity contribution in [1.82, 2.24) is 15.0 Å². The fraction of sp³-hybridized carbons (Fsp3) is 0.158. The zero-order valence-corrected chi connectivity index (χ0v) is 14.4. The number of carbonyl (C=O) groups excluding carboxylic acids is 1. The van der Waals surface area contributed by atoms with Gasteiger partial charge in [-0.25, -0.2) is 15.2 Å². The first-order valence-corrected chi connectivity index (χ1v) is 8.13. The Morgan fingerprint density at radius 3 is 2.54 bits per heavy atom. The van der Waals surface area contributed by atoms with Gasteiger partial charge in [0.1, 0.15) is 5.82 Å². The van der Waals surface area contributed by atoms with Gasteiger partial charge in [-0.1, -0.05) is 12.1 Å². The Morgan fingerprint density at radius 1 is 1.19 bits per heavy atom. The number of benzene rings is 2. The molecule has 0 aliphatic heterocycles. The molecule has 0 saturated heterocycles. The lowest BCUT2D eigenvalue weighted by atomic mass is 10.1. The van der Waals surface area contributed by atoms with Crippen LogP contribution in [0.4, 0.5) is 0 Å². The highest BCUT2D eigenvalue weighted by atomic mass is 16.4. The van der Waals surface area contributed by atoms with E-state index >= 15 is 0 Å². The number of aryl methyl sites for hydroxylation is 2. The third-order valence-corrected chi connectivity index (χ3v) is 4.05. The molecule has 26 heavy (non-hydrogen) atoms. The second-order valence-electron chi connectivity index (χ2n) is 5.73. The van der Waals surface area contributed by atoms with Crippen LogP contribution in [0.1, 0.15) is 39.0 Å². The fourth-order valence-corrected chi connectivity index (χ4v) is 2.73. The van der Waals surface area contributed by atoms with E-state index in [2.05, 4.69) is 20.1 Å². The monoisotopic (exact) mass is 350 g/mol. The van der Waals surface area contributed by atoms with Crippen LogP contribution < -0.4 is 5.43 Å². The van der Waals surface area contributed by atoms with Gasteiger partial charge in [0, 0.05) is 12.1 Å². The predicted molar refractivity (Wildman–Crippen MR) is 98.6 cm³/mol. The number of nitrogens with one attached hydrogen (secondary N) is 1. The number of carbonyl (C=O) groups is 2. The molecule has 0 saturated carbocycles. The number of fused-ring (bicyclic) bond motifs is 1. The molecule has 3 aromatic rings. The third kappa shape index (κ3) is 3.46. The quantitative estimate of drug-likeness (QED) is 0.546. The molecule has 0 atom stereocenters. The Balaban J connectivity index is 1.71. The van der Waals surface area contributed by atoms with E-state index in [4.69, 9.17) is 5.11 Å². The molecule has 2 aromatic carbocycles. The molecule has 7 heteroatoms. The first-order valence-electron chi connectivity index (χ1n) is 8.13. The standard InChI is InChI=1S/C19H18N4O3/c1-3-23-12(2)21-16-10-15(8-9-17(16)23)18(24)22-20-11-13-4-6-14(7-5-13)19(25)26/h4-11H,3H2,1-2H3,(H,22,24)(H,25,26)/b20-11-. The Labute approximate surface area is 150 Å². The van der Waals surface area contributed by atoms with Crippen LogP contribution in [0.2, 0.25) is 0 Å². The molecule has 1 aromatic heterocycles. The topological polar surface area (TPSA) is 96.6 Å². The van der Waals surface area contributed by atoms with Crippen molar-refractivity contribution in [2.24, 2.45) is 5.10 Å². The van der Waals surface area contributed by atoms with Crippen LogP contribution in [0.3, 0.4) is 0 Å². The summed E-state index contributed by atoms with van der Waals surface area (Å²) in [6.07, 6.45) is 1.46. The summed E-state index contributed by atoms with van der Waals surface area (Å²) in [5, 5.41) is 12.8. The van der Waals surface area contributed by atoms with Gasteiger partial charge >= 0.3 is 5.97 Å². The van der Waals surface area contributed by atoms with Crippen molar-refractivity contribution in [1.29, 1.82) is 0 Å². The van der Waals surface area contributed by atoms with Gasteiger partial charge in [-0.2, -0.15) is 5.10 Å². The van der Waals surface area contributed by atoms with E-state index < -0.39 is 5.97 Å². The largest absolute Gasteiger partial charge is 0.478 e. The zero-order valence-electron chi connectivity index (χ0n) is 14.4. The van der Waals surface area contributed by atoms with Crippen molar-refractivity contribution >= 4 is 29.1 Å². The summed E-state index contributed by atoms with van der Waals surface area (Å²) < 4.78 is 2.08. The van der Waals surface area contributed by atoms with E-state index in [1.165, 1.54) is 18.3 Å². The summed E-state index contributed by atoms with van der Waals surface area (Å²) in [6.45, 7) is 4.80. The number of imidazole rings is 1. The summed E-state index contributed by atoms with van der Waals surface area (Å²) in [6, 6.07) is 11.5. The molecule has 1 amide bonds. The number of hydrogen-bond acceptors (Lipinski definition) is 4. The van der Waals surface area contributed by atoms with E-state index in [-0.39, 0.29) is 11.5 Å². The molecule has 0 aliphatic carbocycles. The summed E-state index contributed by atoms with van der Waals surface area (Å²) in [5.74, 6) is -0.421. The van der Waals surface area contributed by atoms with Crippen molar-refractivity contribution in [3.05, 3.63) is 65.0 Å². The molecule has 7 nitrogen and oxygen atoms in total. The normalized spacial score (nSPS) is 11.2. The second-order valence-corrected chi connectivity index (χ2v) is 5.73. The first-order chi connectivity index (χ1) is 12.5. The minimum atomic E-state index is -0.988. The van der Waals surface area contributed by atoms with E-state index in [0.717, 1.165) is 23.4 Å². The number of carboxylic acids is 1. The van der Waals surface area contributed by atoms with Crippen molar-refractivity contribution in [3.63, 3.8) is 0 Å². The van der Waals surface area contributed by atoms with E-state index in [0.29, 0.717) is 11.1 Å². The van der Waals surface area contributed by atoms with Crippen LogP contribution in [0.25, 0.3) is 11.0 Å². The summed E-state index contributed by atoms with van der Waals surface area (Å²) in [5.41, 5.74) is 5.57. The van der Waals surface area contributed by atoms with Crippen LogP contribution in [-0.4, -0.2) is 32.7 Å². The van der Waals surface area contributed by atoms with Gasteiger partial charge in [0.2, 0.25) is 0 Å². The summed E-state index contributed by atoms with van der Waals surface area (Å²) in [7, 11) is 0. The fourth-order valence-electron chi connectivity index (χ4n) is 2.73. The molecule has 0 fully saturated rings. The van der Waals surface area contributed by atoms with E-state index in [1.54, 1.807) is 24.3 Å². The average molecular weight is 350 g/mol.